The molecule has 42 heavy (non-hydrogen) atoms. The van der Waals surface area contributed by atoms with Gasteiger partial charge in [-0.1, -0.05) is 48.9 Å². The average Bonchev–Trinajstić information content (AvgIpc) is 3.62. The number of pyridine rings is 1. The van der Waals surface area contributed by atoms with Gasteiger partial charge in [-0.3, -0.25) is 5.32 Å². The summed E-state index contributed by atoms with van der Waals surface area (Å²) in [4.78, 5) is 29.1. The van der Waals surface area contributed by atoms with E-state index >= 15 is 0 Å². The molecule has 0 spiro atoms. The van der Waals surface area contributed by atoms with Gasteiger partial charge in [0.1, 0.15) is 32.1 Å². The van der Waals surface area contributed by atoms with Crippen LogP contribution in [0, 0.1) is 5.82 Å². The van der Waals surface area contributed by atoms with Gasteiger partial charge in [0.2, 0.25) is 0 Å². The quantitative estimate of drug-likeness (QED) is 0.172. The second-order valence-electron chi connectivity index (χ2n) is 10.5. The minimum absolute atomic E-state index is 0.117. The number of aromatic nitrogens is 3. The van der Waals surface area contributed by atoms with Crippen LogP contribution < -0.4 is 15.5 Å². The van der Waals surface area contributed by atoms with Gasteiger partial charge in [-0.15, -0.1) is 11.3 Å². The van der Waals surface area contributed by atoms with E-state index in [0.29, 0.717) is 38.6 Å². The van der Waals surface area contributed by atoms with E-state index in [1.165, 1.54) is 34.8 Å². The maximum Gasteiger partial charge on any atom is 0.325 e. The number of aromatic hydroxyl groups is 1. The Bertz CT molecular complexity index is 2040. The smallest absolute Gasteiger partial charge is 0.325 e. The van der Waals surface area contributed by atoms with Crippen molar-refractivity contribution >= 4 is 83.1 Å². The zero-order chi connectivity index (χ0) is 29.2. The van der Waals surface area contributed by atoms with E-state index in [1.54, 1.807) is 24.3 Å². The molecule has 0 atom stereocenters. The standard InChI is InChI=1S/C30H22ClFN6O2S2/c1-30(2)14-38(25-21(39)11-8-16(24(25)30)26-33-18-9-7-15(32)13-22(18)41-26)20-6-4-3-5-17(20)34-28(40)37-29-35-19-10-12-23(31)36-27(19)42-29/h3-13,39H,14H2,1-2H3,(H2,34,35,37,40). The number of carbonyl (C=O) groups excluding carboxylic acids is 1. The monoisotopic (exact) mass is 616 g/mol. The lowest BCUT2D eigenvalue weighted by Gasteiger charge is -2.25. The molecule has 1 aliphatic rings. The highest BCUT2D eigenvalue weighted by atomic mass is 35.5. The van der Waals surface area contributed by atoms with Crippen LogP contribution >= 0.6 is 34.3 Å². The van der Waals surface area contributed by atoms with Gasteiger partial charge in [-0.25, -0.2) is 24.1 Å². The van der Waals surface area contributed by atoms with Gasteiger partial charge < -0.3 is 15.3 Å². The molecule has 0 saturated heterocycles. The Hall–Kier alpha value is -4.32. The van der Waals surface area contributed by atoms with Gasteiger partial charge in [0.05, 0.1) is 27.3 Å². The van der Waals surface area contributed by atoms with Crippen molar-refractivity contribution in [3.05, 3.63) is 83.3 Å². The molecule has 0 saturated carbocycles. The topological polar surface area (TPSA) is 103 Å². The summed E-state index contributed by atoms with van der Waals surface area (Å²) in [5.41, 5.74) is 4.70. The molecule has 12 heteroatoms. The van der Waals surface area contributed by atoms with E-state index in [4.69, 9.17) is 16.6 Å². The molecule has 1 aliphatic heterocycles. The van der Waals surface area contributed by atoms with Crippen LogP contribution in [0.4, 0.5) is 31.4 Å². The van der Waals surface area contributed by atoms with Crippen molar-refractivity contribution in [3.63, 3.8) is 0 Å². The number of hydrogen-bond donors (Lipinski definition) is 3. The van der Waals surface area contributed by atoms with Gasteiger partial charge in [-0.05, 0) is 60.2 Å². The summed E-state index contributed by atoms with van der Waals surface area (Å²) in [6.07, 6.45) is 0. The van der Waals surface area contributed by atoms with Crippen molar-refractivity contribution < 1.29 is 14.3 Å². The van der Waals surface area contributed by atoms with Crippen molar-refractivity contribution in [1.82, 2.24) is 15.0 Å². The zero-order valence-electron chi connectivity index (χ0n) is 22.3. The highest BCUT2D eigenvalue weighted by molar-refractivity contribution is 7.22. The van der Waals surface area contributed by atoms with Gasteiger partial charge in [-0.2, -0.15) is 0 Å². The number of carbonyl (C=O) groups is 1. The number of hydrogen-bond acceptors (Lipinski definition) is 8. The zero-order valence-corrected chi connectivity index (χ0v) is 24.7. The highest BCUT2D eigenvalue weighted by Crippen LogP contribution is 2.54. The Balaban J connectivity index is 1.24. The number of rotatable bonds is 4. The number of fused-ring (bicyclic) bond motifs is 3. The molecule has 3 aromatic heterocycles. The molecule has 2 amide bonds. The third-order valence-corrected chi connectivity index (χ3v) is 9.27. The summed E-state index contributed by atoms with van der Waals surface area (Å²) in [6.45, 7) is 4.76. The Labute approximate surface area is 252 Å². The van der Waals surface area contributed by atoms with Gasteiger partial charge >= 0.3 is 6.03 Å². The van der Waals surface area contributed by atoms with Crippen LogP contribution in [0.15, 0.2) is 66.7 Å². The number of halogens is 2. The number of phenolic OH excluding ortho intramolecular Hbond substituents is 1. The van der Waals surface area contributed by atoms with Crippen molar-refractivity contribution in [2.75, 3.05) is 22.1 Å². The van der Waals surface area contributed by atoms with Crippen LogP contribution in [0.2, 0.25) is 5.15 Å². The van der Waals surface area contributed by atoms with Crippen LogP contribution in [0.25, 0.3) is 31.1 Å². The molecule has 0 fully saturated rings. The molecule has 3 aromatic carbocycles. The first kappa shape index (κ1) is 26.6. The van der Waals surface area contributed by atoms with Crippen molar-refractivity contribution in [3.8, 4) is 16.3 Å². The largest absolute Gasteiger partial charge is 0.506 e. The Morgan fingerprint density at radius 2 is 1.81 bits per heavy atom. The molecule has 6 aromatic rings. The van der Waals surface area contributed by atoms with Gasteiger partial charge in [0, 0.05) is 17.5 Å². The van der Waals surface area contributed by atoms with Crippen LogP contribution in [0.3, 0.4) is 0 Å². The Morgan fingerprint density at radius 1 is 1.00 bits per heavy atom. The first-order chi connectivity index (χ1) is 20.2. The second kappa shape index (κ2) is 9.90. The third kappa shape index (κ3) is 4.59. The predicted octanol–water partition coefficient (Wildman–Crippen LogP) is 8.54. The van der Waals surface area contributed by atoms with Gasteiger partial charge in [0.15, 0.2) is 5.13 Å². The SMILES string of the molecule is CC1(C)CN(c2ccccc2NC(=O)Nc2nc3ccc(Cl)nc3s2)c2c(O)ccc(-c3nc4ccc(F)cc4s3)c21. The number of phenols is 1. The fraction of sp³-hybridized carbons (Fsp3) is 0.133. The number of anilines is 4. The molecule has 4 heterocycles. The summed E-state index contributed by atoms with van der Waals surface area (Å²) < 4.78 is 14.6. The Morgan fingerprint density at radius 3 is 2.67 bits per heavy atom. The van der Waals surface area contributed by atoms with Crippen molar-refractivity contribution in [1.29, 1.82) is 0 Å². The average molecular weight is 617 g/mol. The lowest BCUT2D eigenvalue weighted by molar-refractivity contribution is 0.262. The molecule has 210 valence electrons. The molecular weight excluding hydrogens is 595 g/mol. The summed E-state index contributed by atoms with van der Waals surface area (Å²) in [5.74, 6) is -0.191. The number of benzene rings is 3. The van der Waals surface area contributed by atoms with E-state index in [0.717, 1.165) is 32.0 Å². The third-order valence-electron chi connectivity index (χ3n) is 7.12. The number of nitrogens with one attached hydrogen (secondary N) is 2. The summed E-state index contributed by atoms with van der Waals surface area (Å²) in [6, 6.07) is 18.5. The van der Waals surface area contributed by atoms with Crippen LogP contribution in [0.1, 0.15) is 19.4 Å². The lowest BCUT2D eigenvalue weighted by atomic mass is 9.83. The second-order valence-corrected chi connectivity index (χ2v) is 12.9. The molecule has 0 radical (unpaired) electrons. The maximum absolute atomic E-state index is 13.9. The maximum atomic E-state index is 13.9. The first-order valence-electron chi connectivity index (χ1n) is 13.0. The van der Waals surface area contributed by atoms with Crippen molar-refractivity contribution in [2.45, 2.75) is 19.3 Å². The number of urea groups is 1. The molecular formula is C30H22ClFN6O2S2. The molecule has 3 N–H and O–H groups in total. The lowest BCUT2D eigenvalue weighted by Crippen LogP contribution is -2.27. The van der Waals surface area contributed by atoms with Crippen LogP contribution in [0.5, 0.6) is 5.75 Å². The summed E-state index contributed by atoms with van der Waals surface area (Å²) >= 11 is 8.63. The van der Waals surface area contributed by atoms with E-state index in [1.807, 2.05) is 35.2 Å². The first-order valence-corrected chi connectivity index (χ1v) is 15.0. The number of thiazole rings is 2. The molecule has 0 aliphatic carbocycles. The molecule has 0 unspecified atom stereocenters. The molecule has 0 bridgehead atoms. The minimum atomic E-state index is -0.467. The number of para-hydroxylation sites is 2. The van der Waals surface area contributed by atoms with E-state index in [2.05, 4.69) is 34.4 Å². The fourth-order valence-electron chi connectivity index (χ4n) is 5.40. The molecule has 8 nitrogen and oxygen atoms in total. The van der Waals surface area contributed by atoms with E-state index in [9.17, 15) is 14.3 Å². The Kier molecular flexibility index (Phi) is 6.26. The molecule has 7 rings (SSSR count). The van der Waals surface area contributed by atoms with Crippen LogP contribution in [-0.4, -0.2) is 32.6 Å². The van der Waals surface area contributed by atoms with E-state index in [-0.39, 0.29) is 11.6 Å². The van der Waals surface area contributed by atoms with Crippen molar-refractivity contribution in [2.24, 2.45) is 0 Å². The minimum Gasteiger partial charge on any atom is -0.506 e. The number of nitrogens with zero attached hydrogens (tertiary/aromatic N) is 4. The summed E-state index contributed by atoms with van der Waals surface area (Å²) in [5, 5.41) is 18.4. The van der Waals surface area contributed by atoms with E-state index < -0.39 is 11.4 Å². The van der Waals surface area contributed by atoms with Crippen LogP contribution in [-0.2, 0) is 5.41 Å². The van der Waals surface area contributed by atoms with Gasteiger partial charge in [0.25, 0.3) is 0 Å². The summed E-state index contributed by atoms with van der Waals surface area (Å²) in [7, 11) is 0. The number of amides is 2. The predicted molar refractivity (Wildman–Crippen MR) is 168 cm³/mol. The normalized spacial score (nSPS) is 14.0. The highest BCUT2D eigenvalue weighted by Gasteiger charge is 2.41. The fourth-order valence-corrected chi connectivity index (χ4v) is 7.46.